The Kier molecular flexibility index (Phi) is 5.62. The van der Waals surface area contributed by atoms with Crippen LogP contribution in [-0.4, -0.2) is 6.21 Å². The van der Waals surface area contributed by atoms with Crippen molar-refractivity contribution in [3.63, 3.8) is 0 Å². The van der Waals surface area contributed by atoms with Crippen LogP contribution in [-0.2, 0) is 0 Å². The van der Waals surface area contributed by atoms with Gasteiger partial charge in [0.15, 0.2) is 0 Å². The first-order chi connectivity index (χ1) is 17.6. The number of hydrogen-bond donors (Lipinski definition) is 0. The van der Waals surface area contributed by atoms with Gasteiger partial charge in [0.25, 0.3) is 0 Å². The molecule has 0 saturated heterocycles. The number of allylic oxidation sites excluding steroid dienone is 1. The summed E-state index contributed by atoms with van der Waals surface area (Å²) in [5.74, 6) is 0.148. The lowest BCUT2D eigenvalue weighted by molar-refractivity contribution is 1.07. The van der Waals surface area contributed by atoms with Crippen molar-refractivity contribution in [2.75, 3.05) is 0 Å². The largest absolute Gasteiger partial charge is 0.256 e. The van der Waals surface area contributed by atoms with E-state index in [4.69, 9.17) is 4.99 Å². The molecule has 5 aromatic rings. The van der Waals surface area contributed by atoms with Crippen molar-refractivity contribution >= 4 is 34.3 Å². The van der Waals surface area contributed by atoms with Crippen LogP contribution in [0.4, 0.5) is 5.69 Å². The third kappa shape index (κ3) is 3.87. The summed E-state index contributed by atoms with van der Waals surface area (Å²) in [4.78, 5) is 5.11. The van der Waals surface area contributed by atoms with Gasteiger partial charge in [-0.05, 0) is 76.6 Å². The van der Waals surface area contributed by atoms with Crippen molar-refractivity contribution in [1.29, 1.82) is 0 Å². The summed E-state index contributed by atoms with van der Waals surface area (Å²) in [6.07, 6.45) is 4.46. The third-order valence-electron chi connectivity index (χ3n) is 7.31. The standard InChI is InChI=1S/C35H29N/c1-23-19-24(2)35(25(3)20-23)36-22-33-29-15-9-7-13-27(29)17-18-31(33)34-30-16-10-8-14-28(30)21-32(34)26-11-5-4-6-12-26/h4-22,34H,1-3H3/b36-22+. The summed E-state index contributed by atoms with van der Waals surface area (Å²) in [6.45, 7) is 6.45. The van der Waals surface area contributed by atoms with E-state index in [9.17, 15) is 0 Å². The Hall–Kier alpha value is -4.23. The van der Waals surface area contributed by atoms with Gasteiger partial charge < -0.3 is 0 Å². The zero-order valence-corrected chi connectivity index (χ0v) is 21.0. The molecule has 36 heavy (non-hydrogen) atoms. The molecule has 0 radical (unpaired) electrons. The van der Waals surface area contributed by atoms with Crippen molar-refractivity contribution in [1.82, 2.24) is 0 Å². The summed E-state index contributed by atoms with van der Waals surface area (Å²) < 4.78 is 0. The highest BCUT2D eigenvalue weighted by Gasteiger charge is 2.29. The molecule has 0 amide bonds. The number of hydrogen-bond acceptors (Lipinski definition) is 1. The molecule has 0 bridgehead atoms. The second kappa shape index (κ2) is 9.09. The minimum absolute atomic E-state index is 0.148. The van der Waals surface area contributed by atoms with Gasteiger partial charge in [0, 0.05) is 17.7 Å². The predicted octanol–water partition coefficient (Wildman–Crippen LogP) is 9.20. The summed E-state index contributed by atoms with van der Waals surface area (Å²) in [5, 5.41) is 2.47. The van der Waals surface area contributed by atoms with E-state index in [2.05, 4.69) is 136 Å². The maximum atomic E-state index is 5.11. The van der Waals surface area contributed by atoms with E-state index in [-0.39, 0.29) is 5.92 Å². The Labute approximate surface area is 213 Å². The zero-order chi connectivity index (χ0) is 24.6. The Morgan fingerprint density at radius 2 is 1.36 bits per heavy atom. The topological polar surface area (TPSA) is 12.4 Å². The van der Waals surface area contributed by atoms with Crippen molar-refractivity contribution in [2.45, 2.75) is 26.7 Å². The van der Waals surface area contributed by atoms with Crippen molar-refractivity contribution in [3.8, 4) is 0 Å². The van der Waals surface area contributed by atoms with Gasteiger partial charge in [0.2, 0.25) is 0 Å². The molecular formula is C35H29N. The van der Waals surface area contributed by atoms with Crippen LogP contribution >= 0.6 is 0 Å². The van der Waals surface area contributed by atoms with Crippen LogP contribution in [0, 0.1) is 20.8 Å². The minimum Gasteiger partial charge on any atom is -0.256 e. The highest BCUT2D eigenvalue weighted by Crippen LogP contribution is 2.47. The lowest BCUT2D eigenvalue weighted by Gasteiger charge is -2.21. The quantitative estimate of drug-likeness (QED) is 0.236. The van der Waals surface area contributed by atoms with E-state index in [0.717, 1.165) is 5.69 Å². The number of aryl methyl sites for hydroxylation is 3. The van der Waals surface area contributed by atoms with Crippen LogP contribution in [0.5, 0.6) is 0 Å². The molecule has 174 valence electrons. The average molecular weight is 464 g/mol. The Bertz CT molecular complexity index is 1630. The molecule has 0 heterocycles. The molecule has 1 atom stereocenters. The molecule has 0 spiro atoms. The molecule has 0 fully saturated rings. The molecule has 6 rings (SSSR count). The maximum Gasteiger partial charge on any atom is 0.0688 e. The van der Waals surface area contributed by atoms with Crippen LogP contribution in [0.25, 0.3) is 22.4 Å². The lowest BCUT2D eigenvalue weighted by Crippen LogP contribution is -2.05. The van der Waals surface area contributed by atoms with Gasteiger partial charge in [-0.2, -0.15) is 0 Å². The van der Waals surface area contributed by atoms with Crippen LogP contribution < -0.4 is 0 Å². The van der Waals surface area contributed by atoms with E-state index in [1.807, 2.05) is 0 Å². The van der Waals surface area contributed by atoms with E-state index in [1.54, 1.807) is 0 Å². The number of fused-ring (bicyclic) bond motifs is 2. The van der Waals surface area contributed by atoms with Gasteiger partial charge in [0.1, 0.15) is 0 Å². The number of nitrogens with zero attached hydrogens (tertiary/aromatic N) is 1. The first-order valence-corrected chi connectivity index (χ1v) is 12.6. The molecule has 0 aromatic heterocycles. The maximum absolute atomic E-state index is 5.11. The SMILES string of the molecule is Cc1cc(C)c(/N=C/c2c(C3C(c4ccccc4)=Cc4ccccc43)ccc3ccccc23)c(C)c1. The summed E-state index contributed by atoms with van der Waals surface area (Å²) in [6, 6.07) is 37.2. The molecule has 0 saturated carbocycles. The van der Waals surface area contributed by atoms with E-state index in [0.29, 0.717) is 0 Å². The smallest absolute Gasteiger partial charge is 0.0688 e. The first kappa shape index (κ1) is 22.2. The number of benzene rings is 5. The molecule has 1 aliphatic rings. The molecule has 0 N–H and O–H groups in total. The van der Waals surface area contributed by atoms with Gasteiger partial charge in [-0.1, -0.05) is 109 Å². The minimum atomic E-state index is 0.148. The van der Waals surface area contributed by atoms with Crippen LogP contribution in [0.1, 0.15) is 50.4 Å². The second-order valence-electron chi connectivity index (χ2n) is 9.82. The van der Waals surface area contributed by atoms with E-state index < -0.39 is 0 Å². The van der Waals surface area contributed by atoms with Crippen LogP contribution in [0.2, 0.25) is 0 Å². The lowest BCUT2D eigenvalue weighted by atomic mass is 9.82. The molecular weight excluding hydrogens is 434 g/mol. The van der Waals surface area contributed by atoms with Gasteiger partial charge in [-0.25, -0.2) is 0 Å². The van der Waals surface area contributed by atoms with E-state index in [1.165, 1.54) is 60.9 Å². The highest BCUT2D eigenvalue weighted by atomic mass is 14.7. The fourth-order valence-corrected chi connectivity index (χ4v) is 5.75. The second-order valence-corrected chi connectivity index (χ2v) is 9.82. The fraction of sp³-hybridized carbons (Fsp3) is 0.114. The van der Waals surface area contributed by atoms with Crippen molar-refractivity contribution < 1.29 is 0 Å². The molecule has 0 aliphatic heterocycles. The fourth-order valence-electron chi connectivity index (χ4n) is 5.75. The Morgan fingerprint density at radius 3 is 2.17 bits per heavy atom. The third-order valence-corrected chi connectivity index (χ3v) is 7.31. The number of rotatable bonds is 4. The molecule has 1 nitrogen and oxygen atoms in total. The monoisotopic (exact) mass is 463 g/mol. The van der Waals surface area contributed by atoms with Crippen molar-refractivity contribution in [2.24, 2.45) is 4.99 Å². The zero-order valence-electron chi connectivity index (χ0n) is 21.0. The summed E-state index contributed by atoms with van der Waals surface area (Å²) >= 11 is 0. The molecule has 1 heteroatoms. The summed E-state index contributed by atoms with van der Waals surface area (Å²) in [5.41, 5.74) is 12.5. The molecule has 1 unspecified atom stereocenters. The molecule has 1 aliphatic carbocycles. The van der Waals surface area contributed by atoms with Crippen LogP contribution in [0.3, 0.4) is 0 Å². The first-order valence-electron chi connectivity index (χ1n) is 12.6. The average Bonchev–Trinajstić information content (AvgIpc) is 3.28. The number of aliphatic imine (C=N–C) groups is 1. The Balaban J connectivity index is 1.59. The van der Waals surface area contributed by atoms with Gasteiger partial charge in [-0.3, -0.25) is 4.99 Å². The summed E-state index contributed by atoms with van der Waals surface area (Å²) in [7, 11) is 0. The normalized spacial score (nSPS) is 14.9. The van der Waals surface area contributed by atoms with Gasteiger partial charge >= 0.3 is 0 Å². The van der Waals surface area contributed by atoms with Crippen molar-refractivity contribution in [3.05, 3.63) is 148 Å². The van der Waals surface area contributed by atoms with Crippen LogP contribution in [0.15, 0.2) is 108 Å². The Morgan fingerprint density at radius 1 is 0.667 bits per heavy atom. The molecule has 5 aromatic carbocycles. The van der Waals surface area contributed by atoms with Gasteiger partial charge in [-0.15, -0.1) is 0 Å². The van der Waals surface area contributed by atoms with E-state index >= 15 is 0 Å². The predicted molar refractivity (Wildman–Crippen MR) is 154 cm³/mol. The highest BCUT2D eigenvalue weighted by molar-refractivity contribution is 6.04. The van der Waals surface area contributed by atoms with Gasteiger partial charge in [0.05, 0.1) is 5.69 Å².